The lowest BCUT2D eigenvalue weighted by Gasteiger charge is -2.07. The van der Waals surface area contributed by atoms with Crippen molar-refractivity contribution in [2.24, 2.45) is 0 Å². The second-order valence-corrected chi connectivity index (χ2v) is 6.62. The summed E-state index contributed by atoms with van der Waals surface area (Å²) in [4.78, 5) is 9.97. The molecule has 2 aromatic rings. The molecule has 0 radical (unpaired) electrons. The highest BCUT2D eigenvalue weighted by Gasteiger charge is 2.15. The fraction of sp³-hybridized carbons (Fsp3) is 0.143. The molecule has 22 heavy (non-hydrogen) atoms. The topological polar surface area (TPSA) is 86.5 Å². The molecule has 0 saturated heterocycles. The lowest BCUT2D eigenvalue weighted by Crippen LogP contribution is -2.12. The average Bonchev–Trinajstić information content (AvgIpc) is 2.47. The van der Waals surface area contributed by atoms with Crippen LogP contribution in [0, 0.1) is 10.1 Å². The van der Waals surface area contributed by atoms with Crippen LogP contribution in [0.3, 0.4) is 0 Å². The summed E-state index contributed by atoms with van der Waals surface area (Å²) in [7, 11) is -3.82. The van der Waals surface area contributed by atoms with Gasteiger partial charge in [-0.2, -0.15) is 8.42 Å². The maximum absolute atomic E-state index is 12.0. The van der Waals surface area contributed by atoms with E-state index in [0.717, 1.165) is 5.56 Å². The van der Waals surface area contributed by atoms with E-state index in [-0.39, 0.29) is 17.2 Å². The van der Waals surface area contributed by atoms with Gasteiger partial charge in [-0.25, -0.2) is 0 Å². The summed E-state index contributed by atoms with van der Waals surface area (Å²) >= 11 is 3.31. The summed E-state index contributed by atoms with van der Waals surface area (Å²) in [5.41, 5.74) is 1.51. The molecule has 2 rings (SSSR count). The van der Waals surface area contributed by atoms with Crippen molar-refractivity contribution in [1.29, 1.82) is 0 Å². The van der Waals surface area contributed by atoms with Gasteiger partial charge in [-0.1, -0.05) is 40.2 Å². The molecule has 0 fully saturated rings. The number of hydrogen-bond donors (Lipinski definition) is 0. The van der Waals surface area contributed by atoms with E-state index < -0.39 is 15.0 Å². The first-order valence-electron chi connectivity index (χ1n) is 6.20. The van der Waals surface area contributed by atoms with Gasteiger partial charge in [-0.05, 0) is 23.3 Å². The molecule has 0 unspecified atom stereocenters. The number of non-ortho nitro benzene ring substituents is 1. The average molecular weight is 386 g/mol. The minimum Gasteiger partial charge on any atom is -0.382 e. The Morgan fingerprint density at radius 2 is 1.55 bits per heavy atom. The third-order valence-corrected chi connectivity index (χ3v) is 4.57. The van der Waals surface area contributed by atoms with E-state index in [1.165, 1.54) is 24.3 Å². The molecule has 0 aliphatic rings. The van der Waals surface area contributed by atoms with E-state index in [1.807, 2.05) is 12.1 Å². The first-order valence-corrected chi connectivity index (χ1v) is 8.90. The standard InChI is InChI=1S/C14H12BrNO5S/c15-9-11-1-3-12(4-2-11)10-22(19,20)21-14-7-5-13(6-8-14)16(17)18/h1-8H,9-10H2. The van der Waals surface area contributed by atoms with Crippen LogP contribution in [0.1, 0.15) is 11.1 Å². The van der Waals surface area contributed by atoms with Crippen LogP contribution in [0.2, 0.25) is 0 Å². The van der Waals surface area contributed by atoms with Crippen LogP contribution in [-0.4, -0.2) is 13.3 Å². The van der Waals surface area contributed by atoms with E-state index in [4.69, 9.17) is 4.18 Å². The van der Waals surface area contributed by atoms with Crippen molar-refractivity contribution in [3.05, 3.63) is 69.8 Å². The predicted molar refractivity (Wildman–Crippen MR) is 85.4 cm³/mol. The molecule has 0 N–H and O–H groups in total. The quantitative estimate of drug-likeness (QED) is 0.329. The van der Waals surface area contributed by atoms with Crippen molar-refractivity contribution in [1.82, 2.24) is 0 Å². The fourth-order valence-electron chi connectivity index (χ4n) is 1.73. The van der Waals surface area contributed by atoms with Crippen LogP contribution in [-0.2, 0) is 21.2 Å². The monoisotopic (exact) mass is 385 g/mol. The maximum atomic E-state index is 12.0. The van der Waals surface area contributed by atoms with Gasteiger partial charge < -0.3 is 4.18 Å². The van der Waals surface area contributed by atoms with Gasteiger partial charge in [0.1, 0.15) is 11.5 Å². The van der Waals surface area contributed by atoms with Gasteiger partial charge in [-0.3, -0.25) is 10.1 Å². The highest BCUT2D eigenvalue weighted by atomic mass is 79.9. The molecule has 0 aliphatic heterocycles. The van der Waals surface area contributed by atoms with E-state index in [1.54, 1.807) is 12.1 Å². The molecule has 6 nitrogen and oxygen atoms in total. The van der Waals surface area contributed by atoms with E-state index in [9.17, 15) is 18.5 Å². The summed E-state index contributed by atoms with van der Waals surface area (Å²) in [6.07, 6.45) is 0. The van der Waals surface area contributed by atoms with Crippen molar-refractivity contribution in [3.8, 4) is 5.75 Å². The number of nitro groups is 1. The third kappa shape index (κ3) is 4.54. The zero-order valence-corrected chi connectivity index (χ0v) is 13.7. The smallest absolute Gasteiger partial charge is 0.313 e. The van der Waals surface area contributed by atoms with Crippen LogP contribution in [0.25, 0.3) is 0 Å². The molecular weight excluding hydrogens is 374 g/mol. The van der Waals surface area contributed by atoms with Crippen molar-refractivity contribution < 1.29 is 17.5 Å². The molecule has 8 heteroatoms. The summed E-state index contributed by atoms with van der Waals surface area (Å²) in [6.45, 7) is 0. The number of hydrogen-bond acceptors (Lipinski definition) is 5. The first-order chi connectivity index (χ1) is 10.4. The zero-order valence-electron chi connectivity index (χ0n) is 11.3. The highest BCUT2D eigenvalue weighted by molar-refractivity contribution is 9.08. The summed E-state index contributed by atoms with van der Waals surface area (Å²) in [5, 5.41) is 11.2. The van der Waals surface area contributed by atoms with Crippen LogP contribution in [0.5, 0.6) is 5.75 Å². The molecule has 0 spiro atoms. The maximum Gasteiger partial charge on any atom is 0.313 e. The Kier molecular flexibility index (Phi) is 5.15. The molecule has 0 heterocycles. The minimum absolute atomic E-state index is 0.0441. The summed E-state index contributed by atoms with van der Waals surface area (Å²) in [5.74, 6) is -0.227. The third-order valence-electron chi connectivity index (χ3n) is 2.79. The normalized spacial score (nSPS) is 11.1. The van der Waals surface area contributed by atoms with Gasteiger partial charge in [0, 0.05) is 17.5 Å². The Morgan fingerprint density at radius 1 is 1.00 bits per heavy atom. The van der Waals surface area contributed by atoms with E-state index in [0.29, 0.717) is 10.9 Å². The summed E-state index contributed by atoms with van der Waals surface area (Å²) < 4.78 is 28.9. The van der Waals surface area contributed by atoms with Gasteiger partial charge in [0.25, 0.3) is 5.69 Å². The van der Waals surface area contributed by atoms with Crippen LogP contribution in [0.4, 0.5) is 5.69 Å². The van der Waals surface area contributed by atoms with Crippen molar-refractivity contribution in [3.63, 3.8) is 0 Å². The lowest BCUT2D eigenvalue weighted by molar-refractivity contribution is -0.384. The highest BCUT2D eigenvalue weighted by Crippen LogP contribution is 2.20. The van der Waals surface area contributed by atoms with Crippen LogP contribution in [0.15, 0.2) is 48.5 Å². The molecule has 0 atom stereocenters. The molecule has 116 valence electrons. The van der Waals surface area contributed by atoms with Gasteiger partial charge >= 0.3 is 10.1 Å². The Labute approximate surface area is 136 Å². The summed E-state index contributed by atoms with van der Waals surface area (Å²) in [6, 6.07) is 12.0. The Morgan fingerprint density at radius 3 is 2.05 bits per heavy atom. The molecule has 0 aromatic heterocycles. The lowest BCUT2D eigenvalue weighted by atomic mass is 10.2. The predicted octanol–water partition coefficient (Wildman–Crippen LogP) is 3.40. The number of nitro benzene ring substituents is 1. The van der Waals surface area contributed by atoms with Crippen molar-refractivity contribution >= 4 is 31.7 Å². The number of halogens is 1. The molecule has 0 saturated carbocycles. The molecule has 0 bridgehead atoms. The molecule has 0 amide bonds. The second-order valence-electron chi connectivity index (χ2n) is 4.49. The van der Waals surface area contributed by atoms with Crippen LogP contribution >= 0.6 is 15.9 Å². The van der Waals surface area contributed by atoms with Crippen molar-refractivity contribution in [2.75, 3.05) is 0 Å². The second kappa shape index (κ2) is 6.89. The van der Waals surface area contributed by atoms with Gasteiger partial charge in [0.05, 0.1) is 4.92 Å². The van der Waals surface area contributed by atoms with Gasteiger partial charge in [0.2, 0.25) is 0 Å². The van der Waals surface area contributed by atoms with Gasteiger partial charge in [-0.15, -0.1) is 0 Å². The Hall–Kier alpha value is -1.93. The van der Waals surface area contributed by atoms with Crippen LogP contribution < -0.4 is 4.18 Å². The fourth-order valence-corrected chi connectivity index (χ4v) is 3.17. The van der Waals surface area contributed by atoms with Crippen molar-refractivity contribution in [2.45, 2.75) is 11.1 Å². The Balaban J connectivity index is 2.08. The SMILES string of the molecule is O=[N+]([O-])c1ccc(OS(=O)(=O)Cc2ccc(CBr)cc2)cc1. The van der Waals surface area contributed by atoms with Gasteiger partial charge in [0.15, 0.2) is 0 Å². The Bertz CT molecular complexity index is 757. The molecular formula is C14H12BrNO5S. The zero-order chi connectivity index (χ0) is 16.2. The first kappa shape index (κ1) is 16.4. The molecule has 2 aromatic carbocycles. The number of alkyl halides is 1. The number of benzene rings is 2. The number of rotatable bonds is 6. The number of nitrogens with zero attached hydrogens (tertiary/aromatic N) is 1. The van der Waals surface area contributed by atoms with E-state index >= 15 is 0 Å². The largest absolute Gasteiger partial charge is 0.382 e. The van der Waals surface area contributed by atoms with E-state index in [2.05, 4.69) is 15.9 Å². The molecule has 0 aliphatic carbocycles. The minimum atomic E-state index is -3.82.